The molecule has 0 fully saturated rings. The number of aryl methyl sites for hydroxylation is 2. The number of fused-ring (bicyclic) bond motifs is 3. The number of hydrogen-bond donors (Lipinski definition) is 1. The molecule has 1 amide bonds. The van der Waals surface area contributed by atoms with Crippen molar-refractivity contribution in [2.24, 2.45) is 0 Å². The average molecular weight is 369 g/mol. The van der Waals surface area contributed by atoms with Crippen LogP contribution in [0, 0.1) is 0 Å². The Morgan fingerprint density at radius 3 is 2.54 bits per heavy atom. The number of carbonyl (C=O) groups excluding carboxylic acids is 1. The highest BCUT2D eigenvalue weighted by Gasteiger charge is 2.21. The van der Waals surface area contributed by atoms with E-state index in [0.29, 0.717) is 17.9 Å². The average Bonchev–Trinajstić information content (AvgIpc) is 2.69. The van der Waals surface area contributed by atoms with E-state index in [0.717, 1.165) is 40.9 Å². The van der Waals surface area contributed by atoms with Gasteiger partial charge in [-0.3, -0.25) is 4.79 Å². The number of allylic oxidation sites excluding steroid dienone is 1. The van der Waals surface area contributed by atoms with Crippen LogP contribution < -0.4 is 5.32 Å². The second-order valence-corrected chi connectivity index (χ2v) is 7.34. The van der Waals surface area contributed by atoms with Gasteiger partial charge in [-0.15, -0.1) is 0 Å². The fourth-order valence-electron chi connectivity index (χ4n) is 3.52. The molecule has 0 saturated heterocycles. The molecule has 2 aromatic carbocycles. The zero-order valence-electron chi connectivity index (χ0n) is 16.2. The van der Waals surface area contributed by atoms with Crippen LogP contribution in [0.5, 0.6) is 0 Å². The van der Waals surface area contributed by atoms with Gasteiger partial charge < -0.3 is 5.32 Å². The molecule has 0 spiro atoms. The lowest BCUT2D eigenvalue weighted by atomic mass is 9.92. The minimum absolute atomic E-state index is 0.0833. The highest BCUT2D eigenvalue weighted by Crippen LogP contribution is 2.33. The van der Waals surface area contributed by atoms with Crippen LogP contribution >= 0.6 is 0 Å². The van der Waals surface area contributed by atoms with Crippen LogP contribution in [0.25, 0.3) is 17.3 Å². The summed E-state index contributed by atoms with van der Waals surface area (Å²) in [5.41, 5.74) is 7.10. The van der Waals surface area contributed by atoms with Crippen molar-refractivity contribution < 1.29 is 4.79 Å². The molecular weight excluding hydrogens is 346 g/mol. The lowest BCUT2D eigenvalue weighted by Crippen LogP contribution is -2.19. The number of benzene rings is 2. The molecule has 140 valence electrons. The second-order valence-electron chi connectivity index (χ2n) is 7.34. The quantitative estimate of drug-likeness (QED) is 0.715. The monoisotopic (exact) mass is 369 g/mol. The zero-order chi connectivity index (χ0) is 19.5. The summed E-state index contributed by atoms with van der Waals surface area (Å²) in [6.07, 6.45) is 4.06. The van der Waals surface area contributed by atoms with Crippen molar-refractivity contribution in [3.63, 3.8) is 0 Å². The second kappa shape index (κ2) is 7.77. The standard InChI is InChI=1S/C24H23N3O/c1-16(2)14-21-24(27-22(28)15-17-8-4-3-5-9-17)26-20-13-12-18-10-6-7-11-19(18)23(20)25-21/h3-11,14H,12-13,15H2,1-2H3,(H,26,27,28). The minimum Gasteiger partial charge on any atom is -0.309 e. The Bertz CT molecular complexity index is 1050. The van der Waals surface area contributed by atoms with Crippen molar-refractivity contribution in [2.45, 2.75) is 33.1 Å². The third kappa shape index (κ3) is 3.86. The largest absolute Gasteiger partial charge is 0.309 e. The molecule has 4 nitrogen and oxygen atoms in total. The maximum absolute atomic E-state index is 12.6. The molecule has 3 aromatic rings. The van der Waals surface area contributed by atoms with Crippen LogP contribution in [0.1, 0.15) is 36.4 Å². The Morgan fingerprint density at radius 1 is 1.00 bits per heavy atom. The number of nitrogens with one attached hydrogen (secondary N) is 1. The van der Waals surface area contributed by atoms with E-state index in [1.54, 1.807) is 0 Å². The molecule has 1 N–H and O–H groups in total. The lowest BCUT2D eigenvalue weighted by Gasteiger charge is -2.20. The van der Waals surface area contributed by atoms with Crippen molar-refractivity contribution >= 4 is 17.8 Å². The predicted molar refractivity (Wildman–Crippen MR) is 113 cm³/mol. The highest BCUT2D eigenvalue weighted by atomic mass is 16.1. The summed E-state index contributed by atoms with van der Waals surface area (Å²) in [5, 5.41) is 2.98. The molecule has 0 atom stereocenters. The van der Waals surface area contributed by atoms with Crippen molar-refractivity contribution in [1.29, 1.82) is 0 Å². The molecule has 0 unspecified atom stereocenters. The smallest absolute Gasteiger partial charge is 0.230 e. The maximum atomic E-state index is 12.6. The first-order valence-corrected chi connectivity index (χ1v) is 9.58. The summed E-state index contributed by atoms with van der Waals surface area (Å²) in [6.45, 7) is 4.04. The molecule has 1 aromatic heterocycles. The Morgan fingerprint density at radius 2 is 1.75 bits per heavy atom. The summed E-state index contributed by atoms with van der Waals surface area (Å²) in [6, 6.07) is 18.1. The number of aromatic nitrogens is 2. The van der Waals surface area contributed by atoms with E-state index >= 15 is 0 Å². The van der Waals surface area contributed by atoms with E-state index in [4.69, 9.17) is 9.97 Å². The summed E-state index contributed by atoms with van der Waals surface area (Å²) in [5.74, 6) is 0.459. The van der Waals surface area contributed by atoms with E-state index in [1.807, 2.05) is 56.3 Å². The summed E-state index contributed by atoms with van der Waals surface area (Å²) in [4.78, 5) is 22.3. The van der Waals surface area contributed by atoms with Gasteiger partial charge >= 0.3 is 0 Å². The molecule has 0 radical (unpaired) electrons. The number of nitrogens with zero attached hydrogens (tertiary/aromatic N) is 2. The van der Waals surface area contributed by atoms with Gasteiger partial charge in [-0.05, 0) is 43.9 Å². The summed E-state index contributed by atoms with van der Waals surface area (Å²) < 4.78 is 0. The van der Waals surface area contributed by atoms with Gasteiger partial charge in [-0.25, -0.2) is 9.97 Å². The summed E-state index contributed by atoms with van der Waals surface area (Å²) >= 11 is 0. The van der Waals surface area contributed by atoms with Gasteiger partial charge in [-0.1, -0.05) is 60.2 Å². The lowest BCUT2D eigenvalue weighted by molar-refractivity contribution is -0.115. The summed E-state index contributed by atoms with van der Waals surface area (Å²) in [7, 11) is 0. The SMILES string of the molecule is CC(C)=Cc1nc2c(nc1NC(=O)Cc1ccccc1)CCc1ccccc1-2. The first kappa shape index (κ1) is 18.1. The number of rotatable bonds is 4. The molecule has 1 aliphatic carbocycles. The Kier molecular flexibility index (Phi) is 5.02. The number of amides is 1. The van der Waals surface area contributed by atoms with E-state index in [2.05, 4.69) is 23.5 Å². The van der Waals surface area contributed by atoms with Crippen LogP contribution in [-0.4, -0.2) is 15.9 Å². The zero-order valence-corrected chi connectivity index (χ0v) is 16.2. The Hall–Kier alpha value is -3.27. The molecular formula is C24H23N3O. The van der Waals surface area contributed by atoms with Crippen LogP contribution in [0.15, 0.2) is 60.2 Å². The van der Waals surface area contributed by atoms with Crippen molar-refractivity contribution in [1.82, 2.24) is 9.97 Å². The van der Waals surface area contributed by atoms with Crippen LogP contribution in [-0.2, 0) is 24.1 Å². The number of carbonyl (C=O) groups is 1. The molecule has 4 heteroatoms. The highest BCUT2D eigenvalue weighted by molar-refractivity contribution is 5.93. The van der Waals surface area contributed by atoms with Crippen LogP contribution in [0.3, 0.4) is 0 Å². The number of anilines is 1. The van der Waals surface area contributed by atoms with E-state index < -0.39 is 0 Å². The van der Waals surface area contributed by atoms with E-state index in [-0.39, 0.29) is 5.91 Å². The van der Waals surface area contributed by atoms with E-state index in [1.165, 1.54) is 5.56 Å². The van der Waals surface area contributed by atoms with Gasteiger partial charge in [0.1, 0.15) is 5.69 Å². The van der Waals surface area contributed by atoms with E-state index in [9.17, 15) is 4.79 Å². The maximum Gasteiger partial charge on any atom is 0.230 e. The van der Waals surface area contributed by atoms with Gasteiger partial charge in [0.25, 0.3) is 0 Å². The third-order valence-electron chi connectivity index (χ3n) is 4.79. The van der Waals surface area contributed by atoms with Gasteiger partial charge in [0.15, 0.2) is 5.82 Å². The van der Waals surface area contributed by atoms with Gasteiger partial charge in [0.2, 0.25) is 5.91 Å². The Labute approximate surface area is 165 Å². The van der Waals surface area contributed by atoms with Crippen LogP contribution in [0.4, 0.5) is 5.82 Å². The molecule has 0 bridgehead atoms. The van der Waals surface area contributed by atoms with Gasteiger partial charge in [0, 0.05) is 5.56 Å². The fraction of sp³-hybridized carbons (Fsp3) is 0.208. The van der Waals surface area contributed by atoms with Crippen LogP contribution in [0.2, 0.25) is 0 Å². The fourth-order valence-corrected chi connectivity index (χ4v) is 3.52. The first-order chi connectivity index (χ1) is 13.6. The molecule has 28 heavy (non-hydrogen) atoms. The Balaban J connectivity index is 1.69. The topological polar surface area (TPSA) is 54.9 Å². The molecule has 1 aliphatic rings. The molecule has 4 rings (SSSR count). The van der Waals surface area contributed by atoms with Crippen molar-refractivity contribution in [2.75, 3.05) is 5.32 Å². The molecule has 1 heterocycles. The molecule has 0 saturated carbocycles. The van der Waals surface area contributed by atoms with Crippen molar-refractivity contribution in [3.05, 3.63) is 82.7 Å². The number of hydrogen-bond acceptors (Lipinski definition) is 3. The van der Waals surface area contributed by atoms with Gasteiger partial charge in [-0.2, -0.15) is 0 Å². The van der Waals surface area contributed by atoms with Crippen molar-refractivity contribution in [3.8, 4) is 11.3 Å². The molecule has 0 aliphatic heterocycles. The van der Waals surface area contributed by atoms with Gasteiger partial charge in [0.05, 0.1) is 17.8 Å². The third-order valence-corrected chi connectivity index (χ3v) is 4.79. The minimum atomic E-state index is -0.0833. The first-order valence-electron chi connectivity index (χ1n) is 9.58. The predicted octanol–water partition coefficient (Wildman–Crippen LogP) is 4.85. The normalized spacial score (nSPS) is 11.9.